The van der Waals surface area contributed by atoms with Gasteiger partial charge in [-0.1, -0.05) is 218 Å². The molecule has 0 fully saturated rings. The van der Waals surface area contributed by atoms with Gasteiger partial charge in [0.05, 0.1) is 35.4 Å². The van der Waals surface area contributed by atoms with Gasteiger partial charge in [-0.3, -0.25) is 24.2 Å². The molecule has 0 saturated heterocycles. The summed E-state index contributed by atoms with van der Waals surface area (Å²) in [5, 5.41) is 54.0. The van der Waals surface area contributed by atoms with Crippen molar-refractivity contribution in [3.05, 3.63) is 261 Å². The zero-order valence-corrected chi connectivity index (χ0v) is 74.0. The molecule has 1 spiro atoms. The topological polar surface area (TPSA) is 408 Å². The average molecular weight is 1770 g/mol. The summed E-state index contributed by atoms with van der Waals surface area (Å²) in [6.07, 6.45) is 12.6. The first kappa shape index (κ1) is 88.1. The summed E-state index contributed by atoms with van der Waals surface area (Å²) in [7, 11) is 7.75. The quantitative estimate of drug-likeness (QED) is 0.0222. The maximum atomic E-state index is 14.2. The normalized spacial score (nSPS) is 16.6. The number of ether oxygens (including phenoxy) is 1. The highest BCUT2D eigenvalue weighted by atomic mass is 35.5. The zero-order valence-electron chi connectivity index (χ0n) is 72.5. The number of phenolic OH excluding ortho intramolecular Hbond substituents is 1. The van der Waals surface area contributed by atoms with Gasteiger partial charge >= 0.3 is 5.97 Å². The van der Waals surface area contributed by atoms with E-state index in [2.05, 4.69) is 83.4 Å². The van der Waals surface area contributed by atoms with E-state index in [1.54, 1.807) is 30.6 Å². The van der Waals surface area contributed by atoms with Crippen LogP contribution in [0.2, 0.25) is 10.3 Å². The lowest BCUT2D eigenvalue weighted by molar-refractivity contribution is -0.130. The van der Waals surface area contributed by atoms with E-state index in [0.717, 1.165) is 81.3 Å². The Morgan fingerprint density at radius 3 is 2.01 bits per heavy atom. The highest BCUT2D eigenvalue weighted by Gasteiger charge is 2.59. The number of carboxylic acids is 1. The fraction of sp³-hybridized carbons (Fsp3) is 0.296. The number of aryl methyl sites for hydroxylation is 1. The summed E-state index contributed by atoms with van der Waals surface area (Å²) in [6, 6.07) is 46.2. The monoisotopic (exact) mass is 1770 g/mol. The minimum absolute atomic E-state index is 0.0107. The number of oxazole rings is 5. The van der Waals surface area contributed by atoms with Crippen molar-refractivity contribution in [2.75, 3.05) is 28.2 Å². The van der Waals surface area contributed by atoms with E-state index in [1.807, 2.05) is 199 Å². The van der Waals surface area contributed by atoms with Gasteiger partial charge in [0.15, 0.2) is 45.5 Å². The molecule has 3 aliphatic rings. The summed E-state index contributed by atoms with van der Waals surface area (Å²) in [4.78, 5) is 91.4. The molecule has 3 aliphatic heterocycles. The van der Waals surface area contributed by atoms with Crippen LogP contribution in [0.3, 0.4) is 0 Å². The number of aromatic carboxylic acids is 1. The molecule has 8 atom stereocenters. The molecular formula is C98H100Cl2N14O14. The number of nitrogens with two attached hydrogens (primary N) is 1. The number of carbonyl (C=O) groups is 4. The van der Waals surface area contributed by atoms with Crippen molar-refractivity contribution in [2.24, 2.45) is 23.5 Å². The van der Waals surface area contributed by atoms with Crippen LogP contribution in [0.5, 0.6) is 17.4 Å². The van der Waals surface area contributed by atoms with Gasteiger partial charge in [0.2, 0.25) is 47.3 Å². The van der Waals surface area contributed by atoms with Gasteiger partial charge in [0.1, 0.15) is 34.2 Å². The highest BCUT2D eigenvalue weighted by Crippen LogP contribution is 2.60. The number of likely N-dealkylation sites (N-methyl/N-ethyl adjacent to an activating group) is 1. The molecule has 660 valence electrons. The smallest absolute Gasteiger partial charge is 0.358 e. The first-order valence-electron chi connectivity index (χ1n) is 42.8. The number of carboxylic acid groups (broad SMARTS) is 1. The van der Waals surface area contributed by atoms with E-state index in [9.17, 15) is 39.6 Å². The zero-order chi connectivity index (χ0) is 90.3. The van der Waals surface area contributed by atoms with Crippen molar-refractivity contribution < 1.29 is 66.4 Å². The number of halogens is 2. The van der Waals surface area contributed by atoms with Crippen molar-refractivity contribution >= 4 is 90.4 Å². The van der Waals surface area contributed by atoms with Crippen LogP contribution in [0.25, 0.3) is 100 Å². The van der Waals surface area contributed by atoms with Crippen LogP contribution < -0.4 is 21.1 Å². The van der Waals surface area contributed by atoms with Crippen molar-refractivity contribution in [3.63, 3.8) is 0 Å². The van der Waals surface area contributed by atoms with Gasteiger partial charge in [-0.15, -0.1) is 0 Å². The first-order chi connectivity index (χ1) is 61.6. The van der Waals surface area contributed by atoms with Crippen LogP contribution in [-0.2, 0) is 34.3 Å². The predicted molar refractivity (Wildman–Crippen MR) is 488 cm³/mol. The lowest BCUT2D eigenvalue weighted by atomic mass is 9.70. The fourth-order valence-electron chi connectivity index (χ4n) is 16.9. The lowest BCUT2D eigenvalue weighted by Crippen LogP contribution is -2.54. The number of carbonyl (C=O) groups excluding carboxylic acids is 3. The molecule has 10 bridgehead atoms. The van der Waals surface area contributed by atoms with Crippen molar-refractivity contribution in [1.29, 1.82) is 0 Å². The number of amides is 2. The van der Waals surface area contributed by atoms with Crippen LogP contribution in [0.15, 0.2) is 205 Å². The Kier molecular flexibility index (Phi) is 25.4. The number of aliphatic hydroxyl groups excluding tert-OH is 1. The van der Waals surface area contributed by atoms with E-state index in [0.29, 0.717) is 79.9 Å². The van der Waals surface area contributed by atoms with Crippen LogP contribution in [0, 0.1) is 17.8 Å². The summed E-state index contributed by atoms with van der Waals surface area (Å²) < 4.78 is 37.5. The van der Waals surface area contributed by atoms with E-state index >= 15 is 0 Å². The standard InChI is InChI=1S/C40H36Cl2N6O7.C22H21N3O3.C20H25N3O3.C16H18N2O/c1-15(2)27(43)36(51)45-23-14-17-11-12-24(49)21(13-17)40-20-9-5-8-19(30(20)54-39(40)52)18-7-6-10-22-25(18)26(33(41)44-22)31-34(42)48-38(53-31)29-32(40)55-37(47-29)28(16(3)4)46-35(23)50;1-25(2)18(12-14-8-4-3-5-9-14)22-24-21(27)20(28-22)19(26)16-13-23-17-11-7-6-10-15(16)17;1-5-12(2)10-16(23(3)4)19-22-17(20(24)25)18(26-19)14-11-21-15-9-7-6-8-13(14)15;1-2-3-4-9-16-18-11-15(19-16)13-10-17-14-8-6-5-7-12(13)14/h5-13,15-16,23,27-28,39,44,49,52H,14,43H2,1-4H3,(H,45,51)(H,46,50);3-11,13,18,23,27H,12H2,1-2H3;6-9,11-12,16,21H,5,10H2,1-4H3,(H,24,25);5-8,10-11,17H,2-4,9H2,1H3/t23-,27?,28-,39?,40-;18-;12-,16-;/m000./s1. The number of ketones is 1. The Labute approximate surface area is 746 Å². The minimum Gasteiger partial charge on any atom is -0.508 e. The van der Waals surface area contributed by atoms with E-state index in [4.69, 9.17) is 60.7 Å². The van der Waals surface area contributed by atoms with Crippen molar-refractivity contribution in [3.8, 4) is 74.1 Å². The van der Waals surface area contributed by atoms with Gasteiger partial charge in [-0.25, -0.2) is 19.7 Å². The number of aromatic amines is 4. The number of hydrogen-bond acceptors (Lipinski definition) is 21. The molecule has 19 rings (SSSR count). The third kappa shape index (κ3) is 17.0. The average Bonchev–Trinajstić information content (AvgIpc) is 1.52. The summed E-state index contributed by atoms with van der Waals surface area (Å²) >= 11 is 13.8. The second kappa shape index (κ2) is 36.9. The molecule has 30 heteroatoms. The van der Waals surface area contributed by atoms with Crippen LogP contribution in [0.4, 0.5) is 0 Å². The maximum Gasteiger partial charge on any atom is 0.358 e. The van der Waals surface area contributed by atoms with Gasteiger partial charge in [-0.2, -0.15) is 9.97 Å². The molecule has 2 amide bonds. The summed E-state index contributed by atoms with van der Waals surface area (Å²) in [5.74, 6) is 0.0101. The van der Waals surface area contributed by atoms with Crippen LogP contribution >= 0.6 is 23.2 Å². The Balaban J connectivity index is 0.000000138. The Hall–Kier alpha value is -13.4. The minimum atomic E-state index is -1.80. The lowest BCUT2D eigenvalue weighted by Gasteiger charge is -2.32. The molecule has 7 aromatic carbocycles. The second-order valence-corrected chi connectivity index (χ2v) is 34.5. The van der Waals surface area contributed by atoms with Crippen LogP contribution in [0.1, 0.15) is 177 Å². The first-order valence-corrected chi connectivity index (χ1v) is 43.5. The third-order valence-electron chi connectivity index (χ3n) is 24.1. The number of nitrogens with one attached hydrogen (secondary N) is 6. The molecular weight excluding hydrogens is 1670 g/mol. The van der Waals surface area contributed by atoms with Gasteiger partial charge in [0, 0.05) is 103 Å². The van der Waals surface area contributed by atoms with Gasteiger partial charge < -0.3 is 83.6 Å². The number of H-pyrrole nitrogens is 4. The molecule has 2 unspecified atom stereocenters. The van der Waals surface area contributed by atoms with Crippen molar-refractivity contribution in [1.82, 2.24) is 65.3 Å². The predicted octanol–water partition coefficient (Wildman–Crippen LogP) is 19.4. The second-order valence-electron chi connectivity index (χ2n) is 33.8. The SMILES string of the molecule is CC(C)C(N)C(=O)N[C@H]1Cc2ccc(O)c(c2)[C@]23c4cccc(c4OC2O)-c2cccc4[nH]c(Cl)c(c24)-c2oc(nc2Cl)-c2nc(oc23)[C@H](C(C)C)NC1=O.CCCCCc1ncc(-c2c[nH]c3ccccc23)o1.CC[C@H](C)C[C@@H](c1nc(C(=O)O)c(-c2c[nH]c3ccccc23)o1)N(C)C.CN(C)[C@@H](Cc1ccccc1)c1nc(O)c(C(=O)c2c[nH]c3ccccc23)o1. The summed E-state index contributed by atoms with van der Waals surface area (Å²) in [6.45, 7) is 13.9. The number of unbranched alkanes of at least 4 members (excludes halogenated alkanes) is 2. The van der Waals surface area contributed by atoms with Crippen molar-refractivity contribution in [2.45, 2.75) is 142 Å². The van der Waals surface area contributed by atoms with Gasteiger partial charge in [0.25, 0.3) is 11.8 Å². The molecule has 0 saturated carbocycles. The Morgan fingerprint density at radius 2 is 1.32 bits per heavy atom. The molecule has 12 heterocycles. The number of phenols is 1. The fourth-order valence-corrected chi connectivity index (χ4v) is 17.4. The molecule has 9 aromatic heterocycles. The number of rotatable bonds is 22. The van der Waals surface area contributed by atoms with E-state index in [-0.39, 0.29) is 98.3 Å². The molecule has 0 aliphatic carbocycles. The summed E-state index contributed by atoms with van der Waals surface area (Å²) in [5.41, 5.74) is 14.3. The number of aromatic nitrogens is 9. The Bertz CT molecular complexity index is 6760. The van der Waals surface area contributed by atoms with E-state index < -0.39 is 53.4 Å². The highest BCUT2D eigenvalue weighted by molar-refractivity contribution is 6.37. The number of fused-ring (bicyclic) bond motifs is 11. The molecule has 28 nitrogen and oxygen atoms in total. The number of benzene rings is 7. The Morgan fingerprint density at radius 1 is 0.672 bits per heavy atom. The van der Waals surface area contributed by atoms with Crippen LogP contribution in [-0.4, -0.2) is 145 Å². The molecule has 16 aromatic rings. The van der Waals surface area contributed by atoms with E-state index in [1.165, 1.54) is 24.3 Å². The number of nitrogens with zero attached hydrogens (tertiary/aromatic N) is 7. The number of para-hydroxylation sites is 4. The molecule has 128 heavy (non-hydrogen) atoms. The number of aromatic hydroxyl groups is 2. The number of aliphatic hydroxyl groups is 1. The largest absolute Gasteiger partial charge is 0.508 e. The maximum absolute atomic E-state index is 14.2. The number of hydrogen-bond donors (Lipinski definition) is 11. The third-order valence-corrected chi connectivity index (χ3v) is 24.6. The molecule has 12 N–H and O–H groups in total. The molecule has 0 radical (unpaired) electrons. The van der Waals surface area contributed by atoms with Gasteiger partial charge in [-0.05, 0) is 112 Å².